The van der Waals surface area contributed by atoms with Gasteiger partial charge in [0.1, 0.15) is 0 Å². The van der Waals surface area contributed by atoms with Crippen LogP contribution in [0.3, 0.4) is 0 Å². The Balaban J connectivity index is 1.76. The second kappa shape index (κ2) is 6.26. The zero-order chi connectivity index (χ0) is 18.4. The van der Waals surface area contributed by atoms with Crippen molar-refractivity contribution in [3.8, 4) is 0 Å². The van der Waals surface area contributed by atoms with Crippen LogP contribution in [0.1, 0.15) is 56.1 Å². The number of piperidine rings is 1. The Bertz CT molecular complexity index is 944. The van der Waals surface area contributed by atoms with E-state index in [0.717, 1.165) is 37.2 Å². The first-order valence-corrected chi connectivity index (χ1v) is 9.12. The summed E-state index contributed by atoms with van der Waals surface area (Å²) in [4.78, 5) is 44.7. The number of amides is 2. The van der Waals surface area contributed by atoms with E-state index in [1.165, 1.54) is 11.4 Å². The molecule has 1 atom stereocenters. The summed E-state index contributed by atoms with van der Waals surface area (Å²) < 4.78 is 1.45. The Hall–Kier alpha value is -2.64. The van der Waals surface area contributed by atoms with Crippen molar-refractivity contribution in [1.82, 2.24) is 24.4 Å². The first kappa shape index (κ1) is 16.8. The van der Waals surface area contributed by atoms with Crippen LogP contribution in [0.2, 0.25) is 0 Å². The summed E-state index contributed by atoms with van der Waals surface area (Å²) in [5.41, 5.74) is 2.60. The molecule has 8 nitrogen and oxygen atoms in total. The third-order valence-electron chi connectivity index (χ3n) is 5.49. The molecule has 0 radical (unpaired) electrons. The second-order valence-electron chi connectivity index (χ2n) is 7.16. The fourth-order valence-electron chi connectivity index (χ4n) is 4.07. The van der Waals surface area contributed by atoms with Crippen LogP contribution in [0.4, 0.5) is 0 Å². The van der Waals surface area contributed by atoms with Crippen LogP contribution in [0, 0.1) is 0 Å². The molecule has 4 heterocycles. The monoisotopic (exact) mass is 357 g/mol. The average Bonchev–Trinajstić information content (AvgIpc) is 3.05. The molecule has 8 heteroatoms. The van der Waals surface area contributed by atoms with Crippen LogP contribution in [0.25, 0.3) is 5.65 Å². The Morgan fingerprint density at radius 1 is 1.19 bits per heavy atom. The lowest BCUT2D eigenvalue weighted by Crippen LogP contribution is -2.39. The molecule has 0 bridgehead atoms. The summed E-state index contributed by atoms with van der Waals surface area (Å²) in [6.07, 6.45) is 3.52. The van der Waals surface area contributed by atoms with Gasteiger partial charge < -0.3 is 9.80 Å². The maximum Gasteiger partial charge on any atom is 0.277 e. The molecule has 0 saturated carbocycles. The van der Waals surface area contributed by atoms with Gasteiger partial charge in [-0.05, 0) is 19.3 Å². The number of H-pyrrole nitrogens is 1. The van der Waals surface area contributed by atoms with Gasteiger partial charge in [0.2, 0.25) is 11.8 Å². The fraction of sp³-hybridized carbons (Fsp3) is 0.556. The van der Waals surface area contributed by atoms with Crippen molar-refractivity contribution in [2.24, 2.45) is 0 Å². The molecule has 0 aliphatic carbocycles. The normalized spacial score (nSPS) is 20.3. The molecule has 2 aliphatic heterocycles. The highest BCUT2D eigenvalue weighted by molar-refractivity contribution is 5.74. The van der Waals surface area contributed by atoms with Crippen molar-refractivity contribution in [1.29, 1.82) is 0 Å². The minimum absolute atomic E-state index is 0.0355. The van der Waals surface area contributed by atoms with E-state index in [9.17, 15) is 14.4 Å². The molecule has 1 saturated heterocycles. The van der Waals surface area contributed by atoms with Gasteiger partial charge in [-0.1, -0.05) is 0 Å². The maximum absolute atomic E-state index is 12.9. The number of aromatic nitrogens is 3. The minimum atomic E-state index is -0.160. The number of hydrogen-bond donors (Lipinski definition) is 1. The van der Waals surface area contributed by atoms with Crippen LogP contribution in [0.15, 0.2) is 10.9 Å². The maximum atomic E-state index is 12.9. The van der Waals surface area contributed by atoms with Gasteiger partial charge in [-0.25, -0.2) is 9.50 Å². The number of rotatable bonds is 1. The number of nitrogens with zero attached hydrogens (tertiary/aromatic N) is 4. The molecule has 138 valence electrons. The summed E-state index contributed by atoms with van der Waals surface area (Å²) in [5.74, 6) is 0.0108. The van der Waals surface area contributed by atoms with Gasteiger partial charge in [0.05, 0.1) is 29.5 Å². The van der Waals surface area contributed by atoms with Gasteiger partial charge in [0.25, 0.3) is 5.56 Å². The molecule has 2 amide bonds. The van der Waals surface area contributed by atoms with Gasteiger partial charge >= 0.3 is 0 Å². The lowest BCUT2D eigenvalue weighted by Gasteiger charge is -2.34. The molecule has 0 aromatic carbocycles. The van der Waals surface area contributed by atoms with Gasteiger partial charge in [0.15, 0.2) is 5.65 Å². The third-order valence-corrected chi connectivity index (χ3v) is 5.49. The van der Waals surface area contributed by atoms with E-state index in [4.69, 9.17) is 0 Å². The Morgan fingerprint density at radius 2 is 2.00 bits per heavy atom. The van der Waals surface area contributed by atoms with Crippen molar-refractivity contribution in [3.05, 3.63) is 33.4 Å². The van der Waals surface area contributed by atoms with Crippen LogP contribution >= 0.6 is 0 Å². The first-order valence-electron chi connectivity index (χ1n) is 9.12. The molecular weight excluding hydrogens is 334 g/mol. The molecule has 2 aromatic rings. The molecule has 1 fully saturated rings. The Morgan fingerprint density at radius 3 is 2.73 bits per heavy atom. The predicted octanol–water partition coefficient (Wildman–Crippen LogP) is 1.00. The van der Waals surface area contributed by atoms with Gasteiger partial charge in [0, 0.05) is 39.4 Å². The van der Waals surface area contributed by atoms with Crippen molar-refractivity contribution in [3.63, 3.8) is 0 Å². The van der Waals surface area contributed by atoms with E-state index in [1.54, 1.807) is 11.8 Å². The zero-order valence-corrected chi connectivity index (χ0v) is 15.1. The number of hydrogen-bond acceptors (Lipinski definition) is 4. The smallest absolute Gasteiger partial charge is 0.277 e. The third kappa shape index (κ3) is 2.69. The summed E-state index contributed by atoms with van der Waals surface area (Å²) in [5, 5.41) is 3.16. The molecule has 2 aliphatic rings. The largest absolute Gasteiger partial charge is 0.338 e. The summed E-state index contributed by atoms with van der Waals surface area (Å²) >= 11 is 0. The fourth-order valence-corrected chi connectivity index (χ4v) is 4.07. The lowest BCUT2D eigenvalue weighted by atomic mass is 9.99. The average molecular weight is 357 g/mol. The number of carbonyl (C=O) groups is 2. The summed E-state index contributed by atoms with van der Waals surface area (Å²) in [6, 6.07) is 1.83. The number of carbonyl (C=O) groups excluding carboxylic acids is 2. The van der Waals surface area contributed by atoms with Gasteiger partial charge in [-0.2, -0.15) is 0 Å². The van der Waals surface area contributed by atoms with Crippen molar-refractivity contribution in [2.75, 3.05) is 13.1 Å². The van der Waals surface area contributed by atoms with Crippen molar-refractivity contribution in [2.45, 2.75) is 52.1 Å². The van der Waals surface area contributed by atoms with E-state index in [-0.39, 0.29) is 23.4 Å². The van der Waals surface area contributed by atoms with Crippen molar-refractivity contribution < 1.29 is 9.59 Å². The van der Waals surface area contributed by atoms with Crippen LogP contribution in [-0.4, -0.2) is 49.3 Å². The summed E-state index contributed by atoms with van der Waals surface area (Å²) in [6.45, 7) is 4.72. The van der Waals surface area contributed by atoms with Gasteiger partial charge in [-0.15, -0.1) is 0 Å². The topological polar surface area (TPSA) is 90.8 Å². The molecule has 4 rings (SSSR count). The highest BCUT2D eigenvalue weighted by Gasteiger charge is 2.29. The first-order chi connectivity index (χ1) is 12.5. The van der Waals surface area contributed by atoms with E-state index in [2.05, 4.69) is 10.1 Å². The second-order valence-corrected chi connectivity index (χ2v) is 7.16. The highest BCUT2D eigenvalue weighted by Crippen LogP contribution is 2.30. The lowest BCUT2D eigenvalue weighted by molar-refractivity contribution is -0.132. The van der Waals surface area contributed by atoms with E-state index >= 15 is 0 Å². The molecule has 1 N–H and O–H groups in total. The predicted molar refractivity (Wildman–Crippen MR) is 94.6 cm³/mol. The number of likely N-dealkylation sites (tertiary alicyclic amines) is 1. The Labute approximate surface area is 150 Å². The highest BCUT2D eigenvalue weighted by atomic mass is 16.2. The summed E-state index contributed by atoms with van der Waals surface area (Å²) in [7, 11) is 0. The van der Waals surface area contributed by atoms with Crippen LogP contribution in [0.5, 0.6) is 0 Å². The molecule has 26 heavy (non-hydrogen) atoms. The van der Waals surface area contributed by atoms with E-state index < -0.39 is 0 Å². The SMILES string of the molecule is CC(=O)N1CCc2nc3cc([C@H]4CCCCN4C(C)=O)[nH]n3c(=O)c2C1. The van der Waals surface area contributed by atoms with E-state index in [0.29, 0.717) is 30.7 Å². The van der Waals surface area contributed by atoms with Crippen LogP contribution < -0.4 is 5.56 Å². The Kier molecular flexibility index (Phi) is 4.05. The molecule has 2 aromatic heterocycles. The van der Waals surface area contributed by atoms with E-state index in [1.807, 2.05) is 11.0 Å². The van der Waals surface area contributed by atoms with Crippen LogP contribution in [-0.2, 0) is 22.6 Å². The van der Waals surface area contributed by atoms with Gasteiger partial charge in [-0.3, -0.25) is 19.5 Å². The molecule has 0 spiro atoms. The quantitative estimate of drug-likeness (QED) is 0.824. The van der Waals surface area contributed by atoms with Crippen molar-refractivity contribution >= 4 is 17.5 Å². The standard InChI is InChI=1S/C18H23N5O3/c1-11(24)21-8-6-14-13(10-21)18(26)23-17(19-14)9-15(20-23)16-5-3-4-7-22(16)12(2)25/h9,16,20H,3-8,10H2,1-2H3/t16-/m1/s1. The number of fused-ring (bicyclic) bond motifs is 2. The molecule has 0 unspecified atom stereocenters. The number of nitrogens with one attached hydrogen (secondary N) is 1. The molecular formula is C18H23N5O3. The zero-order valence-electron chi connectivity index (χ0n) is 15.1. The number of aromatic amines is 1. The minimum Gasteiger partial charge on any atom is -0.338 e.